The number of carboxylic acids is 1. The summed E-state index contributed by atoms with van der Waals surface area (Å²) in [6.07, 6.45) is 0. The number of sulfonamides is 1. The van der Waals surface area contributed by atoms with E-state index in [0.717, 1.165) is 0 Å². The van der Waals surface area contributed by atoms with Crippen molar-refractivity contribution in [3.63, 3.8) is 0 Å². The molecule has 4 N–H and O–H groups in total. The Morgan fingerprint density at radius 2 is 1.60 bits per heavy atom. The van der Waals surface area contributed by atoms with Crippen LogP contribution >= 0.6 is 0 Å². The molecule has 0 spiro atoms. The second-order valence-corrected chi connectivity index (χ2v) is 7.26. The summed E-state index contributed by atoms with van der Waals surface area (Å²) in [6, 6.07) is 16.1. The lowest BCUT2D eigenvalue weighted by Gasteiger charge is -2.11. The van der Waals surface area contributed by atoms with Gasteiger partial charge in [-0.2, -0.15) is 0 Å². The molecule has 0 unspecified atom stereocenters. The minimum atomic E-state index is -3.75. The predicted molar refractivity (Wildman–Crippen MR) is 95.8 cm³/mol. The number of hydrogen-bond donors (Lipinski definition) is 3. The van der Waals surface area contributed by atoms with Gasteiger partial charge in [-0.15, -0.1) is 0 Å². The summed E-state index contributed by atoms with van der Waals surface area (Å²) < 4.78 is 27.9. The number of aromatic carboxylic acids is 1. The van der Waals surface area contributed by atoms with Crippen LogP contribution in [-0.4, -0.2) is 19.5 Å². The van der Waals surface area contributed by atoms with Gasteiger partial charge in [-0.25, -0.2) is 17.9 Å². The molecule has 0 aromatic heterocycles. The van der Waals surface area contributed by atoms with Crippen molar-refractivity contribution in [2.45, 2.75) is 11.4 Å². The van der Waals surface area contributed by atoms with Crippen molar-refractivity contribution < 1.29 is 18.3 Å². The third kappa shape index (κ3) is 3.47. The molecule has 0 fully saturated rings. The lowest BCUT2D eigenvalue weighted by Crippen LogP contribution is -2.23. The molecule has 3 aromatic carbocycles. The highest BCUT2D eigenvalue weighted by molar-refractivity contribution is 7.89. The molecular weight excluding hydrogens is 340 g/mol. The quantitative estimate of drug-likeness (QED) is 0.609. The number of nitrogens with one attached hydrogen (secondary N) is 1. The molecule has 6 nitrogen and oxygen atoms in total. The van der Waals surface area contributed by atoms with Crippen molar-refractivity contribution in [3.8, 4) is 0 Å². The van der Waals surface area contributed by atoms with Crippen molar-refractivity contribution >= 4 is 32.5 Å². The SMILES string of the molecule is Nc1cccc2c(S(=O)(=O)NCc3ccc(C(=O)O)cc3)cccc12. The molecular formula is C18H16N2O4S. The highest BCUT2D eigenvalue weighted by Crippen LogP contribution is 2.27. The average molecular weight is 356 g/mol. The number of nitrogens with two attached hydrogens (primary N) is 1. The molecule has 0 amide bonds. The van der Waals surface area contributed by atoms with Crippen molar-refractivity contribution in [1.82, 2.24) is 4.72 Å². The number of carboxylic acid groups (broad SMARTS) is 1. The van der Waals surface area contributed by atoms with Gasteiger partial charge in [0.05, 0.1) is 10.5 Å². The highest BCUT2D eigenvalue weighted by atomic mass is 32.2. The van der Waals surface area contributed by atoms with E-state index in [-0.39, 0.29) is 17.0 Å². The molecule has 0 radical (unpaired) electrons. The monoisotopic (exact) mass is 356 g/mol. The van der Waals surface area contributed by atoms with Crippen molar-refractivity contribution in [2.75, 3.05) is 5.73 Å². The summed E-state index contributed by atoms with van der Waals surface area (Å²) in [5.41, 5.74) is 7.23. The Hall–Kier alpha value is -2.90. The second kappa shape index (κ2) is 6.54. The van der Waals surface area contributed by atoms with Crippen LogP contribution in [0.4, 0.5) is 5.69 Å². The van der Waals surface area contributed by atoms with Gasteiger partial charge in [0.15, 0.2) is 0 Å². The zero-order valence-electron chi connectivity index (χ0n) is 13.1. The molecule has 0 saturated heterocycles. The average Bonchev–Trinajstić information content (AvgIpc) is 2.60. The molecule has 0 aliphatic carbocycles. The summed E-state index contributed by atoms with van der Waals surface area (Å²) in [6.45, 7) is 0.0565. The summed E-state index contributed by atoms with van der Waals surface area (Å²) in [5.74, 6) is -1.03. The van der Waals surface area contributed by atoms with E-state index in [4.69, 9.17) is 10.8 Å². The number of fused-ring (bicyclic) bond motifs is 1. The van der Waals surface area contributed by atoms with Crippen LogP contribution in [0, 0.1) is 0 Å². The van der Waals surface area contributed by atoms with Crippen LogP contribution in [0.3, 0.4) is 0 Å². The Balaban J connectivity index is 1.88. The van der Waals surface area contributed by atoms with Gasteiger partial charge in [0.25, 0.3) is 0 Å². The van der Waals surface area contributed by atoms with Gasteiger partial charge < -0.3 is 10.8 Å². The second-order valence-electron chi connectivity index (χ2n) is 5.53. The molecule has 3 rings (SSSR count). The molecule has 0 atom stereocenters. The minimum Gasteiger partial charge on any atom is -0.478 e. The normalized spacial score (nSPS) is 11.5. The molecule has 0 aliphatic heterocycles. The lowest BCUT2D eigenvalue weighted by molar-refractivity contribution is 0.0697. The van der Waals surface area contributed by atoms with Crippen LogP contribution in [0.2, 0.25) is 0 Å². The van der Waals surface area contributed by atoms with Gasteiger partial charge in [0, 0.05) is 23.0 Å². The van der Waals surface area contributed by atoms with Crippen molar-refractivity contribution in [1.29, 1.82) is 0 Å². The zero-order chi connectivity index (χ0) is 18.0. The zero-order valence-corrected chi connectivity index (χ0v) is 14.0. The number of benzene rings is 3. The first kappa shape index (κ1) is 16.9. The van der Waals surface area contributed by atoms with E-state index in [0.29, 0.717) is 22.0 Å². The van der Waals surface area contributed by atoms with E-state index in [2.05, 4.69) is 4.72 Å². The van der Waals surface area contributed by atoms with E-state index in [1.54, 1.807) is 42.5 Å². The number of carbonyl (C=O) groups is 1. The molecule has 0 heterocycles. The lowest BCUT2D eigenvalue weighted by atomic mass is 10.1. The van der Waals surface area contributed by atoms with Crippen LogP contribution < -0.4 is 10.5 Å². The maximum atomic E-state index is 12.7. The number of nitrogen functional groups attached to an aromatic ring is 1. The predicted octanol–water partition coefficient (Wildman–Crippen LogP) is 2.60. The molecule has 0 bridgehead atoms. The third-order valence-corrected chi connectivity index (χ3v) is 5.33. The number of hydrogen-bond acceptors (Lipinski definition) is 4. The Labute approximate surface area is 145 Å². The van der Waals surface area contributed by atoms with Gasteiger partial charge >= 0.3 is 5.97 Å². The Kier molecular flexibility index (Phi) is 4.43. The molecule has 7 heteroatoms. The Bertz CT molecular complexity index is 1040. The van der Waals surface area contributed by atoms with Gasteiger partial charge in [-0.1, -0.05) is 36.4 Å². The fourth-order valence-electron chi connectivity index (χ4n) is 2.56. The fourth-order valence-corrected chi connectivity index (χ4v) is 3.80. The summed E-state index contributed by atoms with van der Waals surface area (Å²) in [7, 11) is -3.75. The van der Waals surface area contributed by atoms with Crippen LogP contribution in [0.5, 0.6) is 0 Å². The van der Waals surface area contributed by atoms with Gasteiger partial charge in [-0.05, 0) is 29.8 Å². The highest BCUT2D eigenvalue weighted by Gasteiger charge is 2.17. The first-order chi connectivity index (χ1) is 11.9. The smallest absolute Gasteiger partial charge is 0.335 e. The summed E-state index contributed by atoms with van der Waals surface area (Å²) in [5, 5.41) is 10.1. The number of rotatable bonds is 5. The van der Waals surface area contributed by atoms with Crippen LogP contribution in [0.25, 0.3) is 10.8 Å². The van der Waals surface area contributed by atoms with Gasteiger partial charge in [-0.3, -0.25) is 0 Å². The van der Waals surface area contributed by atoms with E-state index in [1.807, 2.05) is 0 Å². The molecule has 0 aliphatic rings. The number of anilines is 1. The van der Waals surface area contributed by atoms with E-state index in [9.17, 15) is 13.2 Å². The molecule has 3 aromatic rings. The van der Waals surface area contributed by atoms with Crippen molar-refractivity contribution in [2.24, 2.45) is 0 Å². The molecule has 128 valence electrons. The Morgan fingerprint density at radius 3 is 2.28 bits per heavy atom. The van der Waals surface area contributed by atoms with Crippen molar-refractivity contribution in [3.05, 3.63) is 71.8 Å². The fraction of sp³-hybridized carbons (Fsp3) is 0.0556. The first-order valence-corrected chi connectivity index (χ1v) is 8.96. The van der Waals surface area contributed by atoms with Crippen LogP contribution in [0.15, 0.2) is 65.6 Å². The Morgan fingerprint density at radius 1 is 0.960 bits per heavy atom. The summed E-state index contributed by atoms with van der Waals surface area (Å²) >= 11 is 0. The summed E-state index contributed by atoms with van der Waals surface area (Å²) in [4.78, 5) is 11.0. The minimum absolute atomic E-state index is 0.0565. The topological polar surface area (TPSA) is 109 Å². The maximum Gasteiger partial charge on any atom is 0.335 e. The van der Waals surface area contributed by atoms with E-state index >= 15 is 0 Å². The maximum absolute atomic E-state index is 12.7. The third-order valence-electron chi connectivity index (χ3n) is 3.87. The van der Waals surface area contributed by atoms with Crippen LogP contribution in [-0.2, 0) is 16.6 Å². The molecule has 25 heavy (non-hydrogen) atoms. The molecule has 0 saturated carbocycles. The van der Waals surface area contributed by atoms with Crippen LogP contribution in [0.1, 0.15) is 15.9 Å². The first-order valence-electron chi connectivity index (χ1n) is 7.47. The largest absolute Gasteiger partial charge is 0.478 e. The van der Waals surface area contributed by atoms with Gasteiger partial charge in [0.1, 0.15) is 0 Å². The standard InChI is InChI=1S/C18H16N2O4S/c19-16-5-1-4-15-14(16)3-2-6-17(15)25(23,24)20-11-12-7-9-13(10-8-12)18(21)22/h1-10,20H,11,19H2,(H,21,22). The van der Waals surface area contributed by atoms with E-state index in [1.165, 1.54) is 18.2 Å². The van der Waals surface area contributed by atoms with E-state index < -0.39 is 16.0 Å². The van der Waals surface area contributed by atoms with Gasteiger partial charge in [0.2, 0.25) is 10.0 Å².